The van der Waals surface area contributed by atoms with Crippen molar-refractivity contribution in [3.05, 3.63) is 46.8 Å². The summed E-state index contributed by atoms with van der Waals surface area (Å²) < 4.78 is 0. The van der Waals surface area contributed by atoms with Gasteiger partial charge in [0.05, 0.1) is 11.2 Å². The lowest BCUT2D eigenvalue weighted by Crippen LogP contribution is -2.62. The SMILES string of the molecule is CC(=O)N[C@H](C(=O)O)C1(O)CCN(CCCCCc2ccc3c(n2)NC(C2CCC(C(=O)NC(C(=O)O)C4(O)CCN(C(=O)NCCCc5ccc6c(n5)NCCC6)CC4)C2)CC3)CC1. The molecule has 0 bridgehead atoms. The largest absolute Gasteiger partial charge is 0.480 e. The Morgan fingerprint density at radius 3 is 2.08 bits per heavy atom. The summed E-state index contributed by atoms with van der Waals surface area (Å²) in [7, 11) is 0. The fourth-order valence-electron chi connectivity index (χ4n) is 10.6. The highest BCUT2D eigenvalue weighted by Crippen LogP contribution is 2.39. The molecule has 18 heteroatoms. The topological polar surface area (TPSA) is 259 Å². The van der Waals surface area contributed by atoms with Crippen LogP contribution in [0.15, 0.2) is 24.3 Å². The van der Waals surface area contributed by atoms with Gasteiger partial charge in [0.1, 0.15) is 11.6 Å². The number of rotatable bonds is 18. The lowest BCUT2D eigenvalue weighted by atomic mass is 9.83. The number of aryl methyl sites for hydroxylation is 4. The van der Waals surface area contributed by atoms with Crippen molar-refractivity contribution in [3.63, 3.8) is 0 Å². The summed E-state index contributed by atoms with van der Waals surface area (Å²) in [5.74, 6) is -1.67. The van der Waals surface area contributed by atoms with E-state index in [4.69, 9.17) is 9.97 Å². The van der Waals surface area contributed by atoms with Crippen LogP contribution in [0.5, 0.6) is 0 Å². The molecule has 1 aliphatic carbocycles. The van der Waals surface area contributed by atoms with Crippen LogP contribution in [0.4, 0.5) is 16.4 Å². The van der Waals surface area contributed by atoms with Crippen LogP contribution in [0.2, 0.25) is 0 Å². The molecule has 1 saturated carbocycles. The standard InChI is InChI=1S/C47H69N9O9/c1-30(57)50-38(43(59)60)46(64)18-25-55(26-19-46)24-4-2-3-8-35-16-13-32-14-17-37(53-41(32)52-35)33-10-11-34(29-33)42(58)54-39(44(61)62)47(65)20-27-56(28-21-47)45(63)49-23-6-9-36-15-12-31-7-5-22-48-40(31)51-36/h12-13,15-16,33-34,37-39,64-65H,2-11,14,17-29H2,1H3,(H,48,51)(H,49,63)(H,50,57)(H,52,53)(H,54,58)(H,59,60)(H,61,62)/t33?,34?,37?,38-,39?/m1/s1. The molecule has 2 saturated heterocycles. The van der Waals surface area contributed by atoms with Crippen LogP contribution in [0.1, 0.15) is 113 Å². The molecule has 0 radical (unpaired) electrons. The highest BCUT2D eigenvalue weighted by Gasteiger charge is 2.47. The Balaban J connectivity index is 0.800. The fourth-order valence-corrected chi connectivity index (χ4v) is 10.6. The molecular formula is C47H69N9O9. The number of anilines is 2. The van der Waals surface area contributed by atoms with Crippen LogP contribution in [-0.4, -0.2) is 145 Å². The Labute approximate surface area is 381 Å². The molecule has 5 atom stereocenters. The zero-order valence-corrected chi connectivity index (χ0v) is 37.8. The van der Waals surface area contributed by atoms with E-state index in [1.54, 1.807) is 4.90 Å². The third kappa shape index (κ3) is 12.2. The second-order valence-electron chi connectivity index (χ2n) is 19.1. The second kappa shape index (κ2) is 21.5. The number of pyridine rings is 2. The maximum atomic E-state index is 13.6. The molecule has 7 rings (SSSR count). The smallest absolute Gasteiger partial charge is 0.329 e. The van der Waals surface area contributed by atoms with Gasteiger partial charge in [0, 0.05) is 69.5 Å². The zero-order chi connectivity index (χ0) is 46.1. The minimum absolute atomic E-state index is 0.0306. The molecule has 6 heterocycles. The summed E-state index contributed by atoms with van der Waals surface area (Å²) in [5.41, 5.74) is 1.24. The minimum Gasteiger partial charge on any atom is -0.480 e. The Hall–Kier alpha value is -5.07. The number of fused-ring (bicyclic) bond motifs is 2. The predicted molar refractivity (Wildman–Crippen MR) is 242 cm³/mol. The third-order valence-corrected chi connectivity index (χ3v) is 14.6. The minimum atomic E-state index is -1.69. The molecule has 2 aromatic heterocycles. The monoisotopic (exact) mass is 904 g/mol. The molecule has 5 aliphatic rings. The maximum Gasteiger partial charge on any atom is 0.329 e. The van der Waals surface area contributed by atoms with E-state index in [0.29, 0.717) is 32.5 Å². The number of amides is 4. The molecular weight excluding hydrogens is 835 g/mol. The number of piperidine rings is 2. The van der Waals surface area contributed by atoms with Crippen molar-refractivity contribution in [2.24, 2.45) is 11.8 Å². The van der Waals surface area contributed by atoms with E-state index in [-0.39, 0.29) is 68.6 Å². The van der Waals surface area contributed by atoms with Gasteiger partial charge in [-0.1, -0.05) is 18.6 Å². The van der Waals surface area contributed by atoms with E-state index in [1.165, 1.54) is 18.1 Å². The normalized spacial score (nSPS) is 23.4. The van der Waals surface area contributed by atoms with Gasteiger partial charge in [-0.05, 0) is 138 Å². The lowest BCUT2D eigenvalue weighted by Gasteiger charge is -2.41. The number of hydrogen-bond acceptors (Lipinski definition) is 12. The van der Waals surface area contributed by atoms with Gasteiger partial charge in [0.2, 0.25) is 11.8 Å². The predicted octanol–water partition coefficient (Wildman–Crippen LogP) is 2.85. The number of carbonyl (C=O) groups is 5. The van der Waals surface area contributed by atoms with Crippen molar-refractivity contribution in [2.45, 2.75) is 145 Å². The summed E-state index contributed by atoms with van der Waals surface area (Å²) in [6, 6.07) is 5.48. The van der Waals surface area contributed by atoms with E-state index in [9.17, 15) is 44.4 Å². The molecule has 0 aromatic carbocycles. The van der Waals surface area contributed by atoms with E-state index in [2.05, 4.69) is 49.7 Å². The third-order valence-electron chi connectivity index (χ3n) is 14.6. The average molecular weight is 904 g/mol. The summed E-state index contributed by atoms with van der Waals surface area (Å²) in [6.45, 7) is 4.96. The number of likely N-dealkylation sites (tertiary alicyclic amines) is 2. The molecule has 3 fully saturated rings. The number of aliphatic carboxylic acids is 2. The molecule has 2 aromatic rings. The summed E-state index contributed by atoms with van der Waals surface area (Å²) in [6.07, 6.45) is 11.8. The number of urea groups is 1. The van der Waals surface area contributed by atoms with Crippen LogP contribution < -0.4 is 26.6 Å². The van der Waals surface area contributed by atoms with Crippen LogP contribution >= 0.6 is 0 Å². The average Bonchev–Trinajstić information content (AvgIpc) is 3.80. The van der Waals surface area contributed by atoms with Gasteiger partial charge < -0.3 is 56.8 Å². The number of carboxylic acid groups (broad SMARTS) is 2. The Kier molecular flexibility index (Phi) is 15.8. The van der Waals surface area contributed by atoms with Crippen molar-refractivity contribution in [1.29, 1.82) is 0 Å². The Morgan fingerprint density at radius 1 is 0.769 bits per heavy atom. The highest BCUT2D eigenvalue weighted by atomic mass is 16.4. The van der Waals surface area contributed by atoms with Crippen molar-refractivity contribution >= 4 is 41.4 Å². The summed E-state index contributed by atoms with van der Waals surface area (Å²) >= 11 is 0. The Bertz CT molecular complexity index is 2020. The molecule has 4 unspecified atom stereocenters. The van der Waals surface area contributed by atoms with E-state index in [0.717, 1.165) is 107 Å². The maximum absolute atomic E-state index is 13.6. The van der Waals surface area contributed by atoms with Gasteiger partial charge in [-0.15, -0.1) is 0 Å². The summed E-state index contributed by atoms with van der Waals surface area (Å²) in [5, 5.41) is 57.4. The quantitative estimate of drug-likeness (QED) is 0.0976. The van der Waals surface area contributed by atoms with E-state index in [1.807, 2.05) is 6.07 Å². The molecule has 65 heavy (non-hydrogen) atoms. The fraction of sp³-hybridized carbons (Fsp3) is 0.681. The number of nitrogens with one attached hydrogen (secondary N) is 5. The molecule has 4 amide bonds. The van der Waals surface area contributed by atoms with Gasteiger partial charge >= 0.3 is 18.0 Å². The summed E-state index contributed by atoms with van der Waals surface area (Å²) in [4.78, 5) is 75.8. The second-order valence-corrected chi connectivity index (χ2v) is 19.1. The van der Waals surface area contributed by atoms with Gasteiger partial charge in [0.25, 0.3) is 0 Å². The van der Waals surface area contributed by atoms with Gasteiger partial charge in [-0.3, -0.25) is 9.59 Å². The van der Waals surface area contributed by atoms with Gasteiger partial charge in [-0.2, -0.15) is 0 Å². The zero-order valence-electron chi connectivity index (χ0n) is 37.8. The van der Waals surface area contributed by atoms with Gasteiger partial charge in [-0.25, -0.2) is 24.4 Å². The van der Waals surface area contributed by atoms with Crippen LogP contribution in [0.25, 0.3) is 0 Å². The molecule has 18 nitrogen and oxygen atoms in total. The highest BCUT2D eigenvalue weighted by molar-refractivity contribution is 5.86. The number of aromatic nitrogens is 2. The molecule has 0 spiro atoms. The van der Waals surface area contributed by atoms with E-state index >= 15 is 0 Å². The number of aliphatic hydroxyl groups is 2. The van der Waals surface area contributed by atoms with Crippen molar-refractivity contribution in [3.8, 4) is 0 Å². The lowest BCUT2D eigenvalue weighted by molar-refractivity contribution is -0.154. The van der Waals surface area contributed by atoms with Crippen molar-refractivity contribution in [2.75, 3.05) is 56.4 Å². The first-order valence-electron chi connectivity index (χ1n) is 23.9. The number of unbranched alkanes of at least 4 members (excludes halogenated alkanes) is 2. The van der Waals surface area contributed by atoms with E-state index < -0.39 is 41.1 Å². The van der Waals surface area contributed by atoms with Crippen LogP contribution in [0.3, 0.4) is 0 Å². The van der Waals surface area contributed by atoms with Crippen LogP contribution in [0, 0.1) is 11.8 Å². The van der Waals surface area contributed by atoms with Crippen LogP contribution in [-0.2, 0) is 44.9 Å². The Morgan fingerprint density at radius 2 is 1.40 bits per heavy atom. The number of carboxylic acids is 2. The first-order valence-corrected chi connectivity index (χ1v) is 23.9. The molecule has 9 N–H and O–H groups in total. The first kappa shape index (κ1) is 47.9. The number of hydrogen-bond donors (Lipinski definition) is 9. The van der Waals surface area contributed by atoms with Crippen molar-refractivity contribution in [1.82, 2.24) is 35.7 Å². The number of carbonyl (C=O) groups excluding carboxylic acids is 3. The number of nitrogens with zero attached hydrogens (tertiary/aromatic N) is 4. The van der Waals surface area contributed by atoms with Gasteiger partial charge in [0.15, 0.2) is 12.1 Å². The first-order chi connectivity index (χ1) is 31.2. The molecule has 4 aliphatic heterocycles. The molecule has 356 valence electrons. The van der Waals surface area contributed by atoms with Crippen molar-refractivity contribution < 1.29 is 44.4 Å².